The molecule has 0 spiro atoms. The molecule has 1 aromatic rings. The van der Waals surface area contributed by atoms with Gasteiger partial charge in [0.05, 0.1) is 25.0 Å². The van der Waals surface area contributed by atoms with Crippen molar-refractivity contribution in [2.24, 2.45) is 0 Å². The van der Waals surface area contributed by atoms with Crippen molar-refractivity contribution in [2.75, 3.05) is 32.2 Å². The van der Waals surface area contributed by atoms with Crippen molar-refractivity contribution >= 4 is 23.3 Å². The van der Waals surface area contributed by atoms with Gasteiger partial charge in [0.1, 0.15) is 0 Å². The molecule has 8 heteroatoms. The predicted octanol–water partition coefficient (Wildman–Crippen LogP) is 0.0179. The molecular weight excluding hydrogens is 274 g/mol. The van der Waals surface area contributed by atoms with Crippen LogP contribution in [0.25, 0.3) is 0 Å². The molecule has 1 atom stereocenters. The number of hydrogen-bond acceptors (Lipinski definition) is 5. The number of nitrogens with zero attached hydrogens (tertiary/aromatic N) is 3. The molecule has 0 aromatic carbocycles. The van der Waals surface area contributed by atoms with E-state index in [2.05, 4.69) is 5.10 Å². The van der Waals surface area contributed by atoms with Crippen LogP contribution in [0, 0.1) is 0 Å². The van der Waals surface area contributed by atoms with E-state index in [0.717, 1.165) is 4.68 Å². The molecule has 0 aliphatic rings. The van der Waals surface area contributed by atoms with Crippen LogP contribution in [0.3, 0.4) is 0 Å². The van der Waals surface area contributed by atoms with Crippen LogP contribution in [0.1, 0.15) is 0 Å². The molecule has 1 rings (SSSR count). The number of methoxy groups -OCH3 is 1. The quantitative estimate of drug-likeness (QED) is 0.712. The summed E-state index contributed by atoms with van der Waals surface area (Å²) in [5, 5.41) is 11.4. The summed E-state index contributed by atoms with van der Waals surface area (Å²) < 4.78 is 5.97. The minimum absolute atomic E-state index is 0.169. The number of ether oxygens (including phenoxy) is 1. The summed E-state index contributed by atoms with van der Waals surface area (Å²) in [7, 11) is 3.40. The molecule has 106 valence electrons. The van der Waals surface area contributed by atoms with Crippen molar-refractivity contribution in [1.29, 1.82) is 0 Å². The molecule has 0 bridgehead atoms. The average Bonchev–Trinajstić information content (AvgIpc) is 2.37. The first-order valence-corrected chi connectivity index (χ1v) is 6.03. The summed E-state index contributed by atoms with van der Waals surface area (Å²) >= 11 is 5.57. The zero-order valence-corrected chi connectivity index (χ0v) is 11.5. The standard InChI is InChI=1S/C11H16ClN3O4/c1-14(3-4-19-2)8-5-10(16)15(13-6-8)7-9(12)11(17)18/h5-6,9H,3-4,7H2,1-2H3,(H,17,18). The highest BCUT2D eigenvalue weighted by molar-refractivity contribution is 6.29. The molecule has 1 N–H and O–H groups in total. The zero-order chi connectivity index (χ0) is 14.4. The van der Waals surface area contributed by atoms with Crippen LogP contribution in [0.2, 0.25) is 0 Å². The lowest BCUT2D eigenvalue weighted by Crippen LogP contribution is -2.31. The molecule has 0 saturated heterocycles. The van der Waals surface area contributed by atoms with Crippen LogP contribution in [0.4, 0.5) is 5.69 Å². The van der Waals surface area contributed by atoms with Crippen molar-refractivity contribution in [2.45, 2.75) is 11.9 Å². The number of aliphatic carboxylic acids is 1. The molecule has 0 aliphatic carbocycles. The first-order chi connectivity index (χ1) is 8.95. The van der Waals surface area contributed by atoms with Gasteiger partial charge in [-0.25, -0.2) is 4.68 Å². The number of carbonyl (C=O) groups is 1. The van der Waals surface area contributed by atoms with Gasteiger partial charge in [0.2, 0.25) is 0 Å². The Morgan fingerprint density at radius 1 is 1.68 bits per heavy atom. The summed E-state index contributed by atoms with van der Waals surface area (Å²) in [6.45, 7) is 0.981. The third kappa shape index (κ3) is 4.53. The molecule has 1 unspecified atom stereocenters. The van der Waals surface area contributed by atoms with Gasteiger partial charge >= 0.3 is 5.97 Å². The fourth-order valence-electron chi connectivity index (χ4n) is 1.36. The first kappa shape index (κ1) is 15.5. The minimum Gasteiger partial charge on any atom is -0.480 e. The normalized spacial score (nSPS) is 12.2. The van der Waals surface area contributed by atoms with Crippen LogP contribution in [0.15, 0.2) is 17.1 Å². The molecule has 0 saturated carbocycles. The second-order valence-corrected chi connectivity index (χ2v) is 4.48. The fraction of sp³-hybridized carbons (Fsp3) is 0.545. The van der Waals surface area contributed by atoms with Gasteiger partial charge in [0.25, 0.3) is 5.56 Å². The summed E-state index contributed by atoms with van der Waals surface area (Å²) in [5.41, 5.74) is 0.244. The smallest absolute Gasteiger partial charge is 0.323 e. The number of hydrogen-bond donors (Lipinski definition) is 1. The van der Waals surface area contributed by atoms with E-state index in [1.807, 2.05) is 4.90 Å². The molecule has 7 nitrogen and oxygen atoms in total. The number of rotatable bonds is 7. The van der Waals surface area contributed by atoms with Crippen molar-refractivity contribution in [3.63, 3.8) is 0 Å². The molecule has 19 heavy (non-hydrogen) atoms. The van der Waals surface area contributed by atoms with Gasteiger partial charge < -0.3 is 14.7 Å². The summed E-state index contributed by atoms with van der Waals surface area (Å²) in [6.07, 6.45) is 1.49. The first-order valence-electron chi connectivity index (χ1n) is 5.60. The van der Waals surface area contributed by atoms with E-state index in [9.17, 15) is 9.59 Å². The molecular formula is C11H16ClN3O4. The minimum atomic E-state index is -1.18. The Morgan fingerprint density at radius 2 is 2.37 bits per heavy atom. The number of aromatic nitrogens is 2. The van der Waals surface area contributed by atoms with Gasteiger partial charge in [0.15, 0.2) is 5.38 Å². The second-order valence-electron chi connectivity index (χ2n) is 3.95. The highest BCUT2D eigenvalue weighted by atomic mass is 35.5. The number of carboxylic acids is 1. The Hall–Kier alpha value is -1.60. The maximum Gasteiger partial charge on any atom is 0.323 e. The maximum absolute atomic E-state index is 11.8. The number of halogens is 1. The largest absolute Gasteiger partial charge is 0.480 e. The zero-order valence-electron chi connectivity index (χ0n) is 10.7. The van der Waals surface area contributed by atoms with Crippen LogP contribution in [0.5, 0.6) is 0 Å². The van der Waals surface area contributed by atoms with Crippen molar-refractivity contribution < 1.29 is 14.6 Å². The third-order valence-corrected chi connectivity index (χ3v) is 2.85. The van der Waals surface area contributed by atoms with Gasteiger partial charge in [-0.05, 0) is 0 Å². The Labute approximate surface area is 115 Å². The Bertz CT molecular complexity index is 491. The van der Waals surface area contributed by atoms with E-state index in [0.29, 0.717) is 18.8 Å². The van der Waals surface area contributed by atoms with Crippen molar-refractivity contribution in [1.82, 2.24) is 9.78 Å². The van der Waals surface area contributed by atoms with E-state index in [1.165, 1.54) is 12.3 Å². The highest BCUT2D eigenvalue weighted by Gasteiger charge is 2.15. The monoisotopic (exact) mass is 289 g/mol. The molecule has 0 amide bonds. The van der Waals surface area contributed by atoms with E-state index >= 15 is 0 Å². The Balaban J connectivity index is 2.80. The topological polar surface area (TPSA) is 84.7 Å². The molecule has 1 heterocycles. The van der Waals surface area contributed by atoms with Gasteiger partial charge in [-0.1, -0.05) is 0 Å². The second kappa shape index (κ2) is 7.10. The Kier molecular flexibility index (Phi) is 5.78. The summed E-state index contributed by atoms with van der Waals surface area (Å²) in [4.78, 5) is 24.2. The van der Waals surface area contributed by atoms with E-state index in [4.69, 9.17) is 21.4 Å². The van der Waals surface area contributed by atoms with E-state index < -0.39 is 16.9 Å². The van der Waals surface area contributed by atoms with Crippen molar-refractivity contribution in [3.8, 4) is 0 Å². The number of likely N-dealkylation sites (N-methyl/N-ethyl adjacent to an activating group) is 1. The van der Waals surface area contributed by atoms with Crippen LogP contribution < -0.4 is 10.5 Å². The lowest BCUT2D eigenvalue weighted by atomic mass is 10.4. The van der Waals surface area contributed by atoms with Gasteiger partial charge in [-0.15, -0.1) is 11.6 Å². The lowest BCUT2D eigenvalue weighted by molar-refractivity contribution is -0.136. The van der Waals surface area contributed by atoms with Crippen LogP contribution in [-0.2, 0) is 16.1 Å². The van der Waals surface area contributed by atoms with Gasteiger partial charge in [0, 0.05) is 26.8 Å². The van der Waals surface area contributed by atoms with Gasteiger partial charge in [-0.3, -0.25) is 9.59 Å². The van der Waals surface area contributed by atoms with E-state index in [1.54, 1.807) is 14.2 Å². The maximum atomic E-state index is 11.8. The third-order valence-electron chi connectivity index (χ3n) is 2.53. The van der Waals surface area contributed by atoms with Crippen LogP contribution in [-0.4, -0.2) is 53.5 Å². The van der Waals surface area contributed by atoms with Crippen LogP contribution >= 0.6 is 11.6 Å². The average molecular weight is 290 g/mol. The summed E-state index contributed by atoms with van der Waals surface area (Å²) in [6, 6.07) is 1.38. The highest BCUT2D eigenvalue weighted by Crippen LogP contribution is 2.07. The SMILES string of the molecule is COCCN(C)c1cnn(CC(Cl)C(=O)O)c(=O)c1. The molecule has 0 aliphatic heterocycles. The number of anilines is 1. The van der Waals surface area contributed by atoms with Gasteiger partial charge in [-0.2, -0.15) is 5.10 Å². The summed E-state index contributed by atoms with van der Waals surface area (Å²) in [5.74, 6) is -1.18. The molecule has 0 radical (unpaired) electrons. The Morgan fingerprint density at radius 3 is 2.89 bits per heavy atom. The molecule has 1 aromatic heterocycles. The van der Waals surface area contributed by atoms with Crippen molar-refractivity contribution in [3.05, 3.63) is 22.6 Å². The fourth-order valence-corrected chi connectivity index (χ4v) is 1.49. The predicted molar refractivity (Wildman–Crippen MR) is 70.9 cm³/mol. The van der Waals surface area contributed by atoms with E-state index in [-0.39, 0.29) is 6.54 Å². The molecule has 0 fully saturated rings. The number of carboxylic acid groups (broad SMARTS) is 1. The number of alkyl halides is 1. The lowest BCUT2D eigenvalue weighted by Gasteiger charge is -2.18.